The first kappa shape index (κ1) is 13.6. The molecular formula is C15H20N2O2S. The second-order valence-electron chi connectivity index (χ2n) is 5.56. The summed E-state index contributed by atoms with van der Waals surface area (Å²) < 4.78 is 0. The van der Waals surface area contributed by atoms with Crippen molar-refractivity contribution >= 4 is 23.2 Å². The van der Waals surface area contributed by atoms with E-state index in [1.54, 1.807) is 18.3 Å². The van der Waals surface area contributed by atoms with E-state index >= 15 is 0 Å². The summed E-state index contributed by atoms with van der Waals surface area (Å²) in [5.74, 6) is 0.262. The summed E-state index contributed by atoms with van der Waals surface area (Å²) in [6, 6.07) is 0. The molecule has 20 heavy (non-hydrogen) atoms. The summed E-state index contributed by atoms with van der Waals surface area (Å²) in [7, 11) is 0. The fourth-order valence-electron chi connectivity index (χ4n) is 3.07. The lowest BCUT2D eigenvalue weighted by molar-refractivity contribution is -0.130. The van der Waals surface area contributed by atoms with Crippen molar-refractivity contribution in [2.24, 2.45) is 0 Å². The number of amides is 2. The molecule has 3 rings (SSSR count). The van der Waals surface area contributed by atoms with Gasteiger partial charge in [0.2, 0.25) is 5.91 Å². The first-order valence-corrected chi connectivity index (χ1v) is 8.19. The Morgan fingerprint density at radius 2 is 1.70 bits per heavy atom. The average Bonchev–Trinajstić information content (AvgIpc) is 2.90. The number of hydrogen-bond donors (Lipinski definition) is 0. The first-order chi connectivity index (χ1) is 9.66. The van der Waals surface area contributed by atoms with Gasteiger partial charge in [-0.3, -0.25) is 9.59 Å². The highest BCUT2D eigenvalue weighted by Crippen LogP contribution is 2.31. The molecule has 1 aliphatic heterocycles. The molecule has 0 radical (unpaired) electrons. The number of hydrogen-bond acceptors (Lipinski definition) is 3. The molecule has 5 heteroatoms. The van der Waals surface area contributed by atoms with Gasteiger partial charge in [0.1, 0.15) is 0 Å². The van der Waals surface area contributed by atoms with Crippen LogP contribution in [-0.2, 0) is 17.6 Å². The predicted molar refractivity (Wildman–Crippen MR) is 79.1 cm³/mol. The van der Waals surface area contributed by atoms with Gasteiger partial charge in [-0.1, -0.05) is 0 Å². The Labute approximate surface area is 123 Å². The van der Waals surface area contributed by atoms with Crippen molar-refractivity contribution in [3.8, 4) is 0 Å². The zero-order valence-corrected chi connectivity index (χ0v) is 12.7. The molecule has 0 atom stereocenters. The first-order valence-electron chi connectivity index (χ1n) is 7.31. The molecule has 0 unspecified atom stereocenters. The lowest BCUT2D eigenvalue weighted by atomic mass is 9.95. The third-order valence-corrected chi connectivity index (χ3v) is 5.39. The van der Waals surface area contributed by atoms with E-state index in [-0.39, 0.29) is 11.8 Å². The molecule has 0 bridgehead atoms. The topological polar surface area (TPSA) is 40.6 Å². The summed E-state index contributed by atoms with van der Waals surface area (Å²) in [6.45, 7) is 4.22. The van der Waals surface area contributed by atoms with Crippen molar-refractivity contribution in [3.05, 3.63) is 21.4 Å². The van der Waals surface area contributed by atoms with Crippen LogP contribution in [0.1, 0.15) is 40.6 Å². The summed E-state index contributed by atoms with van der Waals surface area (Å²) in [5, 5.41) is 2.04. The second kappa shape index (κ2) is 5.56. The molecule has 1 aromatic rings. The van der Waals surface area contributed by atoms with E-state index in [2.05, 4.69) is 0 Å². The Hall–Kier alpha value is -1.36. The van der Waals surface area contributed by atoms with Crippen LogP contribution in [0.2, 0.25) is 0 Å². The van der Waals surface area contributed by atoms with Gasteiger partial charge in [0.15, 0.2) is 0 Å². The van der Waals surface area contributed by atoms with Gasteiger partial charge in [-0.2, -0.15) is 0 Å². The molecule has 0 spiro atoms. The lowest BCUT2D eigenvalue weighted by Crippen LogP contribution is -2.50. The van der Waals surface area contributed by atoms with Crippen LogP contribution in [0.3, 0.4) is 0 Å². The minimum atomic E-state index is 0.102. The Bertz CT molecular complexity index is 530. The van der Waals surface area contributed by atoms with Gasteiger partial charge in [0.05, 0.1) is 5.56 Å². The summed E-state index contributed by atoms with van der Waals surface area (Å²) in [5.41, 5.74) is 2.21. The minimum absolute atomic E-state index is 0.102. The van der Waals surface area contributed by atoms with Gasteiger partial charge in [-0.25, -0.2) is 0 Å². The number of carbonyl (C=O) groups is 2. The fourth-order valence-corrected chi connectivity index (χ4v) is 4.19. The van der Waals surface area contributed by atoms with E-state index in [4.69, 9.17) is 0 Å². The normalized spacial score (nSPS) is 18.9. The Balaban J connectivity index is 1.71. The Kier molecular flexibility index (Phi) is 3.78. The third kappa shape index (κ3) is 2.46. The average molecular weight is 292 g/mol. The number of fused-ring (bicyclic) bond motifs is 1. The van der Waals surface area contributed by atoms with Crippen molar-refractivity contribution in [3.63, 3.8) is 0 Å². The fraction of sp³-hybridized carbons (Fsp3) is 0.600. The van der Waals surface area contributed by atoms with E-state index < -0.39 is 0 Å². The molecule has 0 saturated carbocycles. The summed E-state index contributed by atoms with van der Waals surface area (Å²) in [4.78, 5) is 29.1. The van der Waals surface area contributed by atoms with Gasteiger partial charge in [0, 0.05) is 43.4 Å². The lowest BCUT2D eigenvalue weighted by Gasteiger charge is -2.34. The SMILES string of the molecule is CC(=O)N1CCN(C(=O)c2csc3c2CCCC3)CC1. The van der Waals surface area contributed by atoms with E-state index in [1.807, 2.05) is 15.2 Å². The highest BCUT2D eigenvalue weighted by atomic mass is 32.1. The summed E-state index contributed by atoms with van der Waals surface area (Å²) in [6.07, 6.45) is 4.62. The van der Waals surface area contributed by atoms with Gasteiger partial charge >= 0.3 is 0 Å². The molecule has 2 amide bonds. The van der Waals surface area contributed by atoms with Gasteiger partial charge in [0.25, 0.3) is 5.91 Å². The van der Waals surface area contributed by atoms with E-state index in [0.717, 1.165) is 18.4 Å². The Morgan fingerprint density at radius 1 is 1.05 bits per heavy atom. The molecular weight excluding hydrogens is 272 g/mol. The standard InChI is InChI=1S/C15H20N2O2S/c1-11(18)16-6-8-17(9-7-16)15(19)13-10-20-14-5-3-2-4-12(13)14/h10H,2-9H2,1H3. The maximum absolute atomic E-state index is 12.6. The highest BCUT2D eigenvalue weighted by molar-refractivity contribution is 7.10. The maximum Gasteiger partial charge on any atom is 0.255 e. The highest BCUT2D eigenvalue weighted by Gasteiger charge is 2.27. The molecule has 1 aliphatic carbocycles. The van der Waals surface area contributed by atoms with Crippen LogP contribution in [0.5, 0.6) is 0 Å². The van der Waals surface area contributed by atoms with Crippen LogP contribution < -0.4 is 0 Å². The number of nitrogens with zero attached hydrogens (tertiary/aromatic N) is 2. The van der Waals surface area contributed by atoms with Crippen molar-refractivity contribution in [1.29, 1.82) is 0 Å². The van der Waals surface area contributed by atoms with Gasteiger partial charge < -0.3 is 9.80 Å². The molecule has 2 aliphatic rings. The van der Waals surface area contributed by atoms with E-state index in [9.17, 15) is 9.59 Å². The number of rotatable bonds is 1. The van der Waals surface area contributed by atoms with Crippen LogP contribution in [0.15, 0.2) is 5.38 Å². The van der Waals surface area contributed by atoms with E-state index in [1.165, 1.54) is 23.3 Å². The van der Waals surface area contributed by atoms with Crippen molar-refractivity contribution in [2.75, 3.05) is 26.2 Å². The molecule has 1 fully saturated rings. The second-order valence-corrected chi connectivity index (χ2v) is 6.52. The molecule has 1 saturated heterocycles. The predicted octanol–water partition coefficient (Wildman–Crippen LogP) is 1.93. The largest absolute Gasteiger partial charge is 0.339 e. The van der Waals surface area contributed by atoms with Crippen LogP contribution >= 0.6 is 11.3 Å². The third-order valence-electron chi connectivity index (χ3n) is 4.30. The molecule has 4 nitrogen and oxygen atoms in total. The molecule has 1 aromatic heterocycles. The van der Waals surface area contributed by atoms with Crippen molar-refractivity contribution in [1.82, 2.24) is 9.80 Å². The van der Waals surface area contributed by atoms with E-state index in [0.29, 0.717) is 26.2 Å². The maximum atomic E-state index is 12.6. The molecule has 108 valence electrons. The number of aryl methyl sites for hydroxylation is 1. The van der Waals surface area contributed by atoms with Crippen LogP contribution in [-0.4, -0.2) is 47.8 Å². The van der Waals surface area contributed by atoms with Gasteiger partial charge in [-0.05, 0) is 31.2 Å². The molecule has 0 aromatic carbocycles. The zero-order valence-electron chi connectivity index (χ0n) is 11.9. The van der Waals surface area contributed by atoms with Gasteiger partial charge in [-0.15, -0.1) is 11.3 Å². The zero-order chi connectivity index (χ0) is 14.1. The van der Waals surface area contributed by atoms with Crippen LogP contribution in [0.4, 0.5) is 0 Å². The minimum Gasteiger partial charge on any atom is -0.339 e. The monoisotopic (exact) mass is 292 g/mol. The molecule has 0 N–H and O–H groups in total. The van der Waals surface area contributed by atoms with Crippen molar-refractivity contribution < 1.29 is 9.59 Å². The number of piperazine rings is 1. The smallest absolute Gasteiger partial charge is 0.255 e. The van der Waals surface area contributed by atoms with Crippen molar-refractivity contribution in [2.45, 2.75) is 32.6 Å². The number of thiophene rings is 1. The quantitative estimate of drug-likeness (QED) is 0.793. The Morgan fingerprint density at radius 3 is 2.40 bits per heavy atom. The number of carbonyl (C=O) groups excluding carboxylic acids is 2. The van der Waals surface area contributed by atoms with Crippen LogP contribution in [0.25, 0.3) is 0 Å². The van der Waals surface area contributed by atoms with Crippen LogP contribution in [0, 0.1) is 0 Å². The summed E-state index contributed by atoms with van der Waals surface area (Å²) >= 11 is 1.74. The molecule has 2 heterocycles.